The van der Waals surface area contributed by atoms with Gasteiger partial charge in [-0.1, -0.05) is 44.2 Å². The zero-order chi connectivity index (χ0) is 21.3. The molecule has 2 aromatic heterocycles. The van der Waals surface area contributed by atoms with Crippen LogP contribution >= 0.6 is 0 Å². The maximum Gasteiger partial charge on any atom is 0.181 e. The Morgan fingerprint density at radius 3 is 2.39 bits per heavy atom. The van der Waals surface area contributed by atoms with Gasteiger partial charge in [-0.3, -0.25) is 0 Å². The van der Waals surface area contributed by atoms with Crippen LogP contribution in [0.4, 0.5) is 0 Å². The first-order valence-corrected chi connectivity index (χ1v) is 13.3. The van der Waals surface area contributed by atoms with Gasteiger partial charge in [0.15, 0.2) is 9.84 Å². The third-order valence-corrected chi connectivity index (χ3v) is 9.66. The van der Waals surface area contributed by atoms with E-state index in [2.05, 4.69) is 33.2 Å². The molecule has 5 nitrogen and oxygen atoms in total. The quantitative estimate of drug-likeness (QED) is 0.546. The molecule has 1 aromatic carbocycles. The number of rotatable bonds is 6. The lowest BCUT2D eigenvalue weighted by Gasteiger charge is -2.30. The minimum absolute atomic E-state index is 0.194. The number of nitrogens with one attached hydrogen (secondary N) is 1. The highest BCUT2D eigenvalue weighted by atomic mass is 32.2. The molecule has 2 aliphatic carbocycles. The number of hydrogen-bond donors (Lipinski definition) is 1. The first-order chi connectivity index (χ1) is 15.1. The summed E-state index contributed by atoms with van der Waals surface area (Å²) in [4.78, 5) is 12.4. The minimum atomic E-state index is -3.20. The average molecular weight is 438 g/mol. The summed E-state index contributed by atoms with van der Waals surface area (Å²) in [5.41, 5.74) is 3.31. The maximum atomic E-state index is 13.0. The molecule has 2 aliphatic rings. The summed E-state index contributed by atoms with van der Waals surface area (Å²) < 4.78 is 26.0. The number of benzene rings is 1. The molecule has 0 saturated heterocycles. The van der Waals surface area contributed by atoms with Gasteiger partial charge in [-0.05, 0) is 67.7 Å². The molecule has 0 bridgehead atoms. The number of sulfone groups is 1. The number of nitrogens with zero attached hydrogens (tertiary/aromatic N) is 2. The number of aromatic amines is 1. The van der Waals surface area contributed by atoms with Crippen molar-refractivity contribution in [2.75, 3.05) is 0 Å². The molecule has 0 aliphatic heterocycles. The fourth-order valence-electron chi connectivity index (χ4n) is 5.66. The summed E-state index contributed by atoms with van der Waals surface area (Å²) in [6.07, 6.45) is 14.4. The van der Waals surface area contributed by atoms with Crippen LogP contribution in [-0.2, 0) is 16.3 Å². The zero-order valence-corrected chi connectivity index (χ0v) is 18.8. The normalized spacial score (nSPS) is 19.7. The predicted molar refractivity (Wildman–Crippen MR) is 123 cm³/mol. The third-order valence-electron chi connectivity index (χ3n) is 7.39. The first kappa shape index (κ1) is 20.7. The van der Waals surface area contributed by atoms with Crippen molar-refractivity contribution in [3.63, 3.8) is 0 Å². The minimum Gasteiger partial charge on any atom is -0.343 e. The van der Waals surface area contributed by atoms with Crippen LogP contribution in [0.1, 0.15) is 75.0 Å². The second-order valence-electron chi connectivity index (χ2n) is 9.35. The van der Waals surface area contributed by atoms with Gasteiger partial charge in [0.05, 0.1) is 10.1 Å². The van der Waals surface area contributed by atoms with Gasteiger partial charge in [0.25, 0.3) is 0 Å². The van der Waals surface area contributed by atoms with E-state index in [1.165, 1.54) is 43.4 Å². The Balaban J connectivity index is 1.43. The molecule has 1 atom stereocenters. The Hall–Kier alpha value is -2.21. The number of H-pyrrole nitrogens is 1. The molecule has 1 N–H and O–H groups in total. The Morgan fingerprint density at radius 1 is 0.968 bits per heavy atom. The van der Waals surface area contributed by atoms with E-state index in [1.807, 2.05) is 18.3 Å². The Morgan fingerprint density at radius 2 is 1.68 bits per heavy atom. The van der Waals surface area contributed by atoms with Crippen LogP contribution in [0, 0.1) is 5.92 Å². The Labute approximate surface area is 184 Å². The van der Waals surface area contributed by atoms with Crippen molar-refractivity contribution in [1.82, 2.24) is 15.0 Å². The SMILES string of the molecule is O=S(=O)(c1ccc(C(Cc2cc3cncnc3[nH]2)C2CCCCC2)cc1)C1CCCC1. The summed E-state index contributed by atoms with van der Waals surface area (Å²) in [6, 6.07) is 10.0. The van der Waals surface area contributed by atoms with Gasteiger partial charge in [0, 0.05) is 17.3 Å². The van der Waals surface area contributed by atoms with Crippen molar-refractivity contribution in [1.29, 1.82) is 0 Å². The molecule has 0 radical (unpaired) electrons. The van der Waals surface area contributed by atoms with Gasteiger partial charge in [0.1, 0.15) is 12.0 Å². The highest BCUT2D eigenvalue weighted by Crippen LogP contribution is 2.39. The Kier molecular flexibility index (Phi) is 5.83. The molecule has 31 heavy (non-hydrogen) atoms. The molecular weight excluding hydrogens is 406 g/mol. The van der Waals surface area contributed by atoms with Crippen molar-refractivity contribution < 1.29 is 8.42 Å². The summed E-state index contributed by atoms with van der Waals surface area (Å²) in [5, 5.41) is 0.845. The van der Waals surface area contributed by atoms with Crippen molar-refractivity contribution in [3.8, 4) is 0 Å². The number of hydrogen-bond acceptors (Lipinski definition) is 4. The van der Waals surface area contributed by atoms with E-state index in [0.29, 0.717) is 16.7 Å². The van der Waals surface area contributed by atoms with Crippen molar-refractivity contribution >= 4 is 20.9 Å². The highest BCUT2D eigenvalue weighted by Gasteiger charge is 2.31. The number of fused-ring (bicyclic) bond motifs is 1. The van der Waals surface area contributed by atoms with Gasteiger partial charge in [-0.25, -0.2) is 18.4 Å². The molecule has 2 fully saturated rings. The second kappa shape index (κ2) is 8.73. The standard InChI is InChI=1S/C25H31N3O2S/c29-31(30,22-8-4-5-9-22)23-12-10-19(11-13-23)24(18-6-2-1-3-7-18)15-21-14-20-16-26-17-27-25(20)28-21/h10-14,16-18,22,24H,1-9,15H2,(H,26,27,28). The topological polar surface area (TPSA) is 75.7 Å². The van der Waals surface area contributed by atoms with Gasteiger partial charge in [0.2, 0.25) is 0 Å². The van der Waals surface area contributed by atoms with Crippen molar-refractivity contribution in [3.05, 3.63) is 54.1 Å². The lowest BCUT2D eigenvalue weighted by atomic mass is 9.75. The molecule has 2 saturated carbocycles. The fourth-order valence-corrected chi connectivity index (χ4v) is 7.52. The molecule has 164 valence electrons. The fraction of sp³-hybridized carbons (Fsp3) is 0.520. The van der Waals surface area contributed by atoms with Crippen molar-refractivity contribution in [2.24, 2.45) is 5.92 Å². The monoisotopic (exact) mass is 437 g/mol. The van der Waals surface area contributed by atoms with Crippen LogP contribution in [0.15, 0.2) is 47.8 Å². The molecule has 2 heterocycles. The summed E-state index contributed by atoms with van der Waals surface area (Å²) in [6.45, 7) is 0. The van der Waals surface area contributed by atoms with E-state index < -0.39 is 9.84 Å². The van der Waals surface area contributed by atoms with Gasteiger partial charge >= 0.3 is 0 Å². The number of aromatic nitrogens is 3. The summed E-state index contributed by atoms with van der Waals surface area (Å²) in [5.74, 6) is 1.01. The van der Waals surface area contributed by atoms with Gasteiger partial charge < -0.3 is 4.98 Å². The summed E-state index contributed by atoms with van der Waals surface area (Å²) in [7, 11) is -3.20. The van der Waals surface area contributed by atoms with E-state index in [9.17, 15) is 8.42 Å². The molecule has 0 amide bonds. The molecule has 1 unspecified atom stereocenters. The van der Waals surface area contributed by atoms with E-state index in [0.717, 1.165) is 43.1 Å². The largest absolute Gasteiger partial charge is 0.343 e. The van der Waals surface area contributed by atoms with E-state index in [4.69, 9.17) is 0 Å². The van der Waals surface area contributed by atoms with Crippen LogP contribution in [-0.4, -0.2) is 28.6 Å². The summed E-state index contributed by atoms with van der Waals surface area (Å²) >= 11 is 0. The predicted octanol–water partition coefficient (Wildman–Crippen LogP) is 5.58. The van der Waals surface area contributed by atoms with Crippen LogP contribution < -0.4 is 0 Å². The molecule has 6 heteroatoms. The van der Waals surface area contributed by atoms with Crippen LogP contribution in [0.5, 0.6) is 0 Å². The Bertz CT molecular complexity index is 1090. The van der Waals surface area contributed by atoms with E-state index >= 15 is 0 Å². The molecule has 5 rings (SSSR count). The van der Waals surface area contributed by atoms with E-state index in [-0.39, 0.29) is 5.25 Å². The van der Waals surface area contributed by atoms with Crippen LogP contribution in [0.2, 0.25) is 0 Å². The van der Waals surface area contributed by atoms with Crippen LogP contribution in [0.25, 0.3) is 11.0 Å². The first-order valence-electron chi connectivity index (χ1n) is 11.7. The smallest absolute Gasteiger partial charge is 0.181 e. The zero-order valence-electron chi connectivity index (χ0n) is 18.0. The molecular formula is C25H31N3O2S. The van der Waals surface area contributed by atoms with Gasteiger partial charge in [-0.15, -0.1) is 0 Å². The van der Waals surface area contributed by atoms with E-state index in [1.54, 1.807) is 6.33 Å². The third kappa shape index (κ3) is 4.27. The highest BCUT2D eigenvalue weighted by molar-refractivity contribution is 7.92. The molecule has 3 aromatic rings. The van der Waals surface area contributed by atoms with Gasteiger partial charge in [-0.2, -0.15) is 0 Å². The average Bonchev–Trinajstić information content (AvgIpc) is 3.48. The second-order valence-corrected chi connectivity index (χ2v) is 11.6. The lowest BCUT2D eigenvalue weighted by Crippen LogP contribution is -2.20. The van der Waals surface area contributed by atoms with Crippen LogP contribution in [0.3, 0.4) is 0 Å². The van der Waals surface area contributed by atoms with Crippen molar-refractivity contribution in [2.45, 2.75) is 80.3 Å². The lowest BCUT2D eigenvalue weighted by molar-refractivity contribution is 0.301. The molecule has 0 spiro atoms. The maximum absolute atomic E-state index is 13.0.